The Hall–Kier alpha value is -2.63. The van der Waals surface area contributed by atoms with Crippen molar-refractivity contribution in [3.63, 3.8) is 0 Å². The Morgan fingerprint density at radius 2 is 1.85 bits per heavy atom. The summed E-state index contributed by atoms with van der Waals surface area (Å²) in [6, 6.07) is 7.79. The number of imide groups is 1. The Bertz CT molecular complexity index is 511. The van der Waals surface area contributed by atoms with Gasteiger partial charge in [0.1, 0.15) is 0 Å². The summed E-state index contributed by atoms with van der Waals surface area (Å²) in [6.07, 6.45) is 1.52. The molecule has 6 heteroatoms. The Morgan fingerprint density at radius 1 is 1.20 bits per heavy atom. The molecule has 106 valence electrons. The van der Waals surface area contributed by atoms with Crippen LogP contribution in [-0.2, 0) is 14.3 Å². The minimum Gasteiger partial charge on any atom is -0.444 e. The minimum atomic E-state index is -1.18. The normalized spacial score (nSPS) is 11.7. The molecular formula is C14H16N2O4. The van der Waals surface area contributed by atoms with Gasteiger partial charge in [-0.1, -0.05) is 36.4 Å². The highest BCUT2D eigenvalue weighted by atomic mass is 16.5. The zero-order valence-electron chi connectivity index (χ0n) is 11.3. The van der Waals surface area contributed by atoms with Gasteiger partial charge in [0, 0.05) is 18.7 Å². The van der Waals surface area contributed by atoms with Crippen LogP contribution in [0, 0.1) is 0 Å². The monoisotopic (exact) mass is 276 g/mol. The Morgan fingerprint density at radius 3 is 2.40 bits per heavy atom. The van der Waals surface area contributed by atoms with Crippen LogP contribution < -0.4 is 10.6 Å². The molecule has 0 fully saturated rings. The summed E-state index contributed by atoms with van der Waals surface area (Å²) in [7, 11) is 1.38. The predicted octanol–water partition coefficient (Wildman–Crippen LogP) is 1.30. The lowest BCUT2D eigenvalue weighted by Crippen LogP contribution is -2.41. The fourth-order valence-corrected chi connectivity index (χ4v) is 1.43. The highest BCUT2D eigenvalue weighted by Crippen LogP contribution is 2.17. The highest BCUT2D eigenvalue weighted by Gasteiger charge is 2.25. The third-order valence-corrected chi connectivity index (χ3v) is 2.34. The van der Waals surface area contributed by atoms with E-state index in [-0.39, 0.29) is 0 Å². The van der Waals surface area contributed by atoms with Gasteiger partial charge in [0.05, 0.1) is 0 Å². The Balaban J connectivity index is 2.92. The smallest absolute Gasteiger partial charge is 0.331 e. The van der Waals surface area contributed by atoms with Crippen LogP contribution in [-0.4, -0.2) is 25.0 Å². The molecule has 20 heavy (non-hydrogen) atoms. The number of urea groups is 1. The molecule has 1 aromatic carbocycles. The first-order valence-corrected chi connectivity index (χ1v) is 5.99. The summed E-state index contributed by atoms with van der Waals surface area (Å²) >= 11 is 0. The van der Waals surface area contributed by atoms with Crippen molar-refractivity contribution in [2.75, 3.05) is 7.05 Å². The molecule has 0 radical (unpaired) electrons. The lowest BCUT2D eigenvalue weighted by molar-refractivity contribution is -0.151. The summed E-state index contributed by atoms with van der Waals surface area (Å²) in [5.41, 5.74) is 0.478. The predicted molar refractivity (Wildman–Crippen MR) is 72.7 cm³/mol. The topological polar surface area (TPSA) is 84.5 Å². The maximum atomic E-state index is 12.0. The van der Waals surface area contributed by atoms with E-state index >= 15 is 0 Å². The molecule has 6 nitrogen and oxygen atoms in total. The third-order valence-electron chi connectivity index (χ3n) is 2.34. The molecule has 2 N–H and O–H groups in total. The molecule has 0 aliphatic carbocycles. The Labute approximate surface area is 116 Å². The van der Waals surface area contributed by atoms with Gasteiger partial charge < -0.3 is 10.1 Å². The van der Waals surface area contributed by atoms with Gasteiger partial charge in [-0.15, -0.1) is 0 Å². The van der Waals surface area contributed by atoms with Crippen LogP contribution in [0.3, 0.4) is 0 Å². The van der Waals surface area contributed by atoms with E-state index in [1.807, 2.05) is 0 Å². The molecule has 0 saturated carbocycles. The number of carbonyl (C=O) groups is 3. The summed E-state index contributed by atoms with van der Waals surface area (Å²) < 4.78 is 5.07. The number of rotatable bonds is 4. The lowest BCUT2D eigenvalue weighted by atomic mass is 10.1. The number of ether oxygens (including phenoxy) is 1. The SMILES string of the molecule is C/C=C/C(=O)O[C@@H](C(=O)NC(=O)NC)c1ccccc1. The van der Waals surface area contributed by atoms with Crippen molar-refractivity contribution < 1.29 is 19.1 Å². The van der Waals surface area contributed by atoms with Crippen molar-refractivity contribution in [2.45, 2.75) is 13.0 Å². The van der Waals surface area contributed by atoms with E-state index in [1.54, 1.807) is 37.3 Å². The number of allylic oxidation sites excluding steroid dienone is 1. The van der Waals surface area contributed by atoms with Crippen LogP contribution in [0.1, 0.15) is 18.6 Å². The molecule has 0 bridgehead atoms. The van der Waals surface area contributed by atoms with E-state index in [1.165, 1.54) is 19.2 Å². The number of hydrogen-bond acceptors (Lipinski definition) is 4. The second-order valence-corrected chi connectivity index (χ2v) is 3.80. The number of esters is 1. The number of amides is 3. The van der Waals surface area contributed by atoms with Gasteiger partial charge in [-0.2, -0.15) is 0 Å². The maximum absolute atomic E-state index is 12.0. The molecule has 0 spiro atoms. The number of benzene rings is 1. The van der Waals surface area contributed by atoms with Crippen molar-refractivity contribution >= 4 is 17.9 Å². The van der Waals surface area contributed by atoms with Gasteiger partial charge in [-0.05, 0) is 6.92 Å². The summed E-state index contributed by atoms with van der Waals surface area (Å²) in [5, 5.41) is 4.34. The van der Waals surface area contributed by atoms with Crippen LogP contribution in [0.2, 0.25) is 0 Å². The number of hydrogen-bond donors (Lipinski definition) is 2. The molecule has 1 aromatic rings. The maximum Gasteiger partial charge on any atom is 0.331 e. The van der Waals surface area contributed by atoms with Crippen molar-refractivity contribution in [3.05, 3.63) is 48.0 Å². The molecule has 1 rings (SSSR count). The van der Waals surface area contributed by atoms with Gasteiger partial charge in [0.2, 0.25) is 6.10 Å². The molecule has 1 atom stereocenters. The van der Waals surface area contributed by atoms with E-state index in [4.69, 9.17) is 4.74 Å². The first-order chi connectivity index (χ1) is 9.58. The lowest BCUT2D eigenvalue weighted by Gasteiger charge is -2.16. The second kappa shape index (κ2) is 7.73. The van der Waals surface area contributed by atoms with Crippen LogP contribution in [0.15, 0.2) is 42.5 Å². The van der Waals surface area contributed by atoms with Crippen molar-refractivity contribution in [1.29, 1.82) is 0 Å². The average Bonchev–Trinajstić information content (AvgIpc) is 2.45. The summed E-state index contributed by atoms with van der Waals surface area (Å²) in [5.74, 6) is -1.37. The molecular weight excluding hydrogens is 260 g/mol. The van der Waals surface area contributed by atoms with Crippen molar-refractivity contribution in [3.8, 4) is 0 Å². The second-order valence-electron chi connectivity index (χ2n) is 3.80. The van der Waals surface area contributed by atoms with Gasteiger partial charge in [-0.25, -0.2) is 9.59 Å². The standard InChI is InChI=1S/C14H16N2O4/c1-3-7-11(17)20-12(10-8-5-4-6-9-10)13(18)16-14(19)15-2/h3-9,12H,1-2H3,(H2,15,16,18,19)/b7-3+/t12-/m1/s1. The van der Waals surface area contributed by atoms with Gasteiger partial charge in [0.15, 0.2) is 0 Å². The molecule has 0 heterocycles. The van der Waals surface area contributed by atoms with E-state index in [0.717, 1.165) is 0 Å². The average molecular weight is 276 g/mol. The van der Waals surface area contributed by atoms with E-state index in [2.05, 4.69) is 10.6 Å². The largest absolute Gasteiger partial charge is 0.444 e. The molecule has 0 aromatic heterocycles. The molecule has 0 aliphatic rings. The van der Waals surface area contributed by atoms with Crippen LogP contribution in [0.5, 0.6) is 0 Å². The summed E-state index contributed by atoms with van der Waals surface area (Å²) in [4.78, 5) is 34.6. The Kier molecular flexibility index (Phi) is 5.96. The fourth-order valence-electron chi connectivity index (χ4n) is 1.43. The van der Waals surface area contributed by atoms with Gasteiger partial charge in [-0.3, -0.25) is 10.1 Å². The minimum absolute atomic E-state index is 0.478. The van der Waals surface area contributed by atoms with E-state index < -0.39 is 24.0 Å². The third kappa shape index (κ3) is 4.56. The first kappa shape index (κ1) is 15.4. The molecule has 0 unspecified atom stereocenters. The number of carbonyl (C=O) groups excluding carboxylic acids is 3. The summed E-state index contributed by atoms with van der Waals surface area (Å²) in [6.45, 7) is 1.66. The van der Waals surface area contributed by atoms with E-state index in [0.29, 0.717) is 5.56 Å². The molecule has 3 amide bonds. The van der Waals surface area contributed by atoms with E-state index in [9.17, 15) is 14.4 Å². The van der Waals surface area contributed by atoms with Crippen molar-refractivity contribution in [2.24, 2.45) is 0 Å². The molecule has 0 aliphatic heterocycles. The number of nitrogens with one attached hydrogen (secondary N) is 2. The van der Waals surface area contributed by atoms with Crippen LogP contribution in [0.25, 0.3) is 0 Å². The fraction of sp³-hybridized carbons (Fsp3) is 0.214. The zero-order chi connectivity index (χ0) is 15.0. The highest BCUT2D eigenvalue weighted by molar-refractivity contribution is 5.98. The molecule has 0 saturated heterocycles. The quantitative estimate of drug-likeness (QED) is 0.641. The van der Waals surface area contributed by atoms with Crippen LogP contribution in [0.4, 0.5) is 4.79 Å². The van der Waals surface area contributed by atoms with Crippen molar-refractivity contribution in [1.82, 2.24) is 10.6 Å². The van der Waals surface area contributed by atoms with Gasteiger partial charge >= 0.3 is 12.0 Å². The first-order valence-electron chi connectivity index (χ1n) is 5.99. The van der Waals surface area contributed by atoms with Gasteiger partial charge in [0.25, 0.3) is 5.91 Å². The van der Waals surface area contributed by atoms with Crippen LogP contribution >= 0.6 is 0 Å². The zero-order valence-corrected chi connectivity index (χ0v) is 11.3.